The first kappa shape index (κ1) is 14.3. The summed E-state index contributed by atoms with van der Waals surface area (Å²) in [6.45, 7) is 2.16. The van der Waals surface area contributed by atoms with Gasteiger partial charge in [0.2, 0.25) is 10.0 Å². The van der Waals surface area contributed by atoms with E-state index in [1.807, 2.05) is 25.4 Å². The number of benzene rings is 1. The van der Waals surface area contributed by atoms with Gasteiger partial charge in [-0.05, 0) is 31.2 Å². The van der Waals surface area contributed by atoms with Crippen LogP contribution in [0.25, 0.3) is 0 Å². The molecule has 2 N–H and O–H groups in total. The summed E-state index contributed by atoms with van der Waals surface area (Å²) in [4.78, 5) is 0. The zero-order chi connectivity index (χ0) is 14.6. The van der Waals surface area contributed by atoms with Crippen LogP contribution in [0.15, 0.2) is 30.5 Å². The molecule has 1 aromatic carbocycles. The Bertz CT molecular complexity index is 663. The van der Waals surface area contributed by atoms with Gasteiger partial charge in [0, 0.05) is 24.6 Å². The highest BCUT2D eigenvalue weighted by molar-refractivity contribution is 7.92. The molecule has 0 atom stereocenters. The first-order valence-electron chi connectivity index (χ1n) is 6.18. The van der Waals surface area contributed by atoms with Gasteiger partial charge < -0.3 is 5.32 Å². The molecule has 0 aliphatic rings. The van der Waals surface area contributed by atoms with Gasteiger partial charge in [-0.15, -0.1) is 5.10 Å². The van der Waals surface area contributed by atoms with Crippen molar-refractivity contribution < 1.29 is 8.42 Å². The quantitative estimate of drug-likeness (QED) is 0.835. The number of nitrogens with zero attached hydrogens (tertiary/aromatic N) is 3. The van der Waals surface area contributed by atoms with Gasteiger partial charge in [0.05, 0.1) is 12.3 Å². The predicted octanol–water partition coefficient (Wildman–Crippen LogP) is 1.19. The van der Waals surface area contributed by atoms with Crippen LogP contribution in [0.5, 0.6) is 0 Å². The lowest BCUT2D eigenvalue weighted by atomic mass is 10.3. The van der Waals surface area contributed by atoms with Crippen molar-refractivity contribution in [2.45, 2.75) is 13.5 Å². The van der Waals surface area contributed by atoms with E-state index < -0.39 is 10.0 Å². The molecule has 0 spiro atoms. The van der Waals surface area contributed by atoms with Gasteiger partial charge in [-0.25, -0.2) is 8.42 Å². The monoisotopic (exact) mass is 295 g/mol. The number of sulfonamides is 1. The molecule has 1 aromatic heterocycles. The highest BCUT2D eigenvalue weighted by atomic mass is 32.2. The summed E-state index contributed by atoms with van der Waals surface area (Å²) in [5.74, 6) is 0.0552. The fraction of sp³-hybridized carbons (Fsp3) is 0.333. The minimum atomic E-state index is -3.23. The fourth-order valence-corrected chi connectivity index (χ4v) is 2.22. The Morgan fingerprint density at radius 2 is 1.85 bits per heavy atom. The molecule has 20 heavy (non-hydrogen) atoms. The first-order chi connectivity index (χ1) is 9.48. The lowest BCUT2D eigenvalue weighted by molar-refractivity contribution is 0.602. The Morgan fingerprint density at radius 3 is 2.40 bits per heavy atom. The minimum absolute atomic E-state index is 0.0552. The van der Waals surface area contributed by atoms with E-state index in [0.717, 1.165) is 11.4 Å². The van der Waals surface area contributed by atoms with Gasteiger partial charge in [-0.2, -0.15) is 0 Å². The summed E-state index contributed by atoms with van der Waals surface area (Å²) >= 11 is 0. The molecular weight excluding hydrogens is 278 g/mol. The van der Waals surface area contributed by atoms with E-state index in [9.17, 15) is 8.42 Å². The molecule has 0 saturated carbocycles. The summed E-state index contributed by atoms with van der Waals surface area (Å²) in [5.41, 5.74) is 2.27. The Labute approximate surface area is 118 Å². The molecule has 108 valence electrons. The molecule has 0 aliphatic heterocycles. The summed E-state index contributed by atoms with van der Waals surface area (Å²) in [6.07, 6.45) is 1.83. The number of hydrogen-bond acceptors (Lipinski definition) is 5. The maximum absolute atomic E-state index is 11.4. The molecule has 0 unspecified atom stereocenters. The van der Waals surface area contributed by atoms with Crippen molar-refractivity contribution >= 4 is 21.4 Å². The molecule has 0 bridgehead atoms. The van der Waals surface area contributed by atoms with Crippen LogP contribution < -0.4 is 10.0 Å². The average molecular weight is 295 g/mol. The van der Waals surface area contributed by atoms with Crippen LogP contribution in [0.1, 0.15) is 12.6 Å². The van der Waals surface area contributed by atoms with Crippen molar-refractivity contribution in [1.29, 1.82) is 0 Å². The van der Waals surface area contributed by atoms with Gasteiger partial charge in [-0.1, -0.05) is 5.21 Å². The van der Waals surface area contributed by atoms with E-state index in [1.165, 1.54) is 0 Å². The zero-order valence-corrected chi connectivity index (χ0v) is 12.2. The molecule has 0 fully saturated rings. The molecule has 7 nitrogen and oxygen atoms in total. The largest absolute Gasteiger partial charge is 0.379 e. The van der Waals surface area contributed by atoms with Crippen LogP contribution in [0.2, 0.25) is 0 Å². The van der Waals surface area contributed by atoms with Crippen molar-refractivity contribution in [2.75, 3.05) is 15.8 Å². The molecule has 2 aromatic rings. The van der Waals surface area contributed by atoms with E-state index in [0.29, 0.717) is 12.2 Å². The van der Waals surface area contributed by atoms with Crippen LogP contribution >= 0.6 is 0 Å². The first-order valence-corrected chi connectivity index (χ1v) is 7.83. The molecule has 2 rings (SSSR count). The molecule has 0 radical (unpaired) electrons. The number of aromatic nitrogens is 3. The van der Waals surface area contributed by atoms with Gasteiger partial charge in [0.15, 0.2) is 0 Å². The predicted molar refractivity (Wildman–Crippen MR) is 77.9 cm³/mol. The third-order valence-corrected chi connectivity index (χ3v) is 3.97. The smallest absolute Gasteiger partial charge is 0.232 e. The second kappa shape index (κ2) is 5.91. The number of hydrogen-bond donors (Lipinski definition) is 2. The molecule has 0 saturated heterocycles. The molecule has 8 heteroatoms. The van der Waals surface area contributed by atoms with Crippen LogP contribution in [-0.4, -0.2) is 29.2 Å². The third kappa shape index (κ3) is 3.95. The van der Waals surface area contributed by atoms with Gasteiger partial charge in [0.1, 0.15) is 5.69 Å². The maximum Gasteiger partial charge on any atom is 0.232 e. The fourth-order valence-electron chi connectivity index (χ4n) is 1.58. The minimum Gasteiger partial charge on any atom is -0.379 e. The van der Waals surface area contributed by atoms with E-state index in [2.05, 4.69) is 20.4 Å². The van der Waals surface area contributed by atoms with E-state index in [4.69, 9.17) is 0 Å². The third-order valence-electron chi connectivity index (χ3n) is 2.66. The van der Waals surface area contributed by atoms with Crippen molar-refractivity contribution in [3.8, 4) is 0 Å². The van der Waals surface area contributed by atoms with Gasteiger partial charge in [0.25, 0.3) is 0 Å². The summed E-state index contributed by atoms with van der Waals surface area (Å²) in [7, 11) is -1.42. The Kier molecular flexibility index (Phi) is 4.23. The molecule has 1 heterocycles. The van der Waals surface area contributed by atoms with Crippen LogP contribution in [0.4, 0.5) is 11.4 Å². The van der Waals surface area contributed by atoms with Gasteiger partial charge >= 0.3 is 0 Å². The van der Waals surface area contributed by atoms with Crippen molar-refractivity contribution in [3.05, 3.63) is 36.2 Å². The highest BCUT2D eigenvalue weighted by Crippen LogP contribution is 2.15. The Morgan fingerprint density at radius 1 is 1.20 bits per heavy atom. The SMILES string of the molecule is CCS(=O)(=O)Nc1ccc(NCc2cn(C)nn2)cc1. The summed E-state index contributed by atoms with van der Waals surface area (Å²) in [5, 5.41) is 11.0. The Hall–Kier alpha value is -2.09. The molecular formula is C12H17N5O2S. The van der Waals surface area contributed by atoms with E-state index in [-0.39, 0.29) is 5.75 Å². The molecule has 0 aliphatic carbocycles. The van der Waals surface area contributed by atoms with Crippen molar-refractivity contribution in [2.24, 2.45) is 7.05 Å². The van der Waals surface area contributed by atoms with Gasteiger partial charge in [-0.3, -0.25) is 9.40 Å². The van der Waals surface area contributed by atoms with Crippen molar-refractivity contribution in [1.82, 2.24) is 15.0 Å². The number of anilines is 2. The van der Waals surface area contributed by atoms with Crippen LogP contribution in [0, 0.1) is 0 Å². The highest BCUT2D eigenvalue weighted by Gasteiger charge is 2.06. The second-order valence-corrected chi connectivity index (χ2v) is 6.33. The van der Waals surface area contributed by atoms with Crippen LogP contribution in [0.3, 0.4) is 0 Å². The van der Waals surface area contributed by atoms with E-state index in [1.54, 1.807) is 23.7 Å². The normalized spacial score (nSPS) is 11.3. The van der Waals surface area contributed by atoms with Crippen LogP contribution in [-0.2, 0) is 23.6 Å². The lowest BCUT2D eigenvalue weighted by Crippen LogP contribution is -2.14. The summed E-state index contributed by atoms with van der Waals surface area (Å²) in [6, 6.07) is 7.05. The maximum atomic E-state index is 11.4. The standard InChI is InChI=1S/C12H17N5O2S/c1-3-20(18,19)15-11-6-4-10(5-7-11)13-8-12-9-17(2)16-14-12/h4-7,9,13,15H,3,8H2,1-2H3. The zero-order valence-electron chi connectivity index (χ0n) is 11.4. The average Bonchev–Trinajstić information content (AvgIpc) is 2.83. The number of aryl methyl sites for hydroxylation is 1. The molecule has 0 amide bonds. The Balaban J connectivity index is 1.94. The van der Waals surface area contributed by atoms with Crippen molar-refractivity contribution in [3.63, 3.8) is 0 Å². The number of rotatable bonds is 6. The van der Waals surface area contributed by atoms with E-state index >= 15 is 0 Å². The second-order valence-electron chi connectivity index (χ2n) is 4.32. The lowest BCUT2D eigenvalue weighted by Gasteiger charge is -2.08. The topological polar surface area (TPSA) is 88.9 Å². The summed E-state index contributed by atoms with van der Waals surface area (Å²) < 4.78 is 27.0. The number of nitrogens with one attached hydrogen (secondary N) is 2.